The summed E-state index contributed by atoms with van der Waals surface area (Å²) >= 11 is 0. The summed E-state index contributed by atoms with van der Waals surface area (Å²) in [5, 5.41) is 0. The third-order valence-corrected chi connectivity index (χ3v) is 1.58. The molecule has 0 radical (unpaired) electrons. The minimum Gasteiger partial charge on any atom is -0.324 e. The molecule has 0 unspecified atom stereocenters. The zero-order chi connectivity index (χ0) is 8.10. The normalized spacial score (nSPS) is 9.58. The molecule has 1 rings (SSSR count). The zero-order valence-electron chi connectivity index (χ0n) is 7.58. The number of hydrogen-bond donors (Lipinski definition) is 0. The van der Waals surface area contributed by atoms with Crippen LogP contribution in [0.25, 0.3) is 0 Å². The maximum atomic E-state index is 3.19. The SMILES string of the molecule is CC(C)[CH-]Cc1[c-]cccc1.[W+2]. The Kier molecular flexibility index (Phi) is 6.38. The molecule has 12 heavy (non-hydrogen) atoms. The molecule has 64 valence electrons. The molecule has 0 atom stereocenters. The van der Waals surface area contributed by atoms with E-state index in [4.69, 9.17) is 0 Å². The van der Waals surface area contributed by atoms with Gasteiger partial charge in [-0.15, -0.1) is 0 Å². The fourth-order valence-electron chi connectivity index (χ4n) is 0.920. The second kappa shape index (κ2) is 6.43. The molecule has 0 aromatic heterocycles. The van der Waals surface area contributed by atoms with E-state index in [1.54, 1.807) is 0 Å². The van der Waals surface area contributed by atoms with Gasteiger partial charge in [-0.05, 0) is 0 Å². The summed E-state index contributed by atoms with van der Waals surface area (Å²) in [5.41, 5.74) is 1.28. The monoisotopic (exact) mass is 330 g/mol. The van der Waals surface area contributed by atoms with Crippen LogP contribution in [0.5, 0.6) is 0 Å². The van der Waals surface area contributed by atoms with E-state index in [-0.39, 0.29) is 21.1 Å². The van der Waals surface area contributed by atoms with Crippen LogP contribution in [-0.2, 0) is 27.5 Å². The molecule has 0 N–H and O–H groups in total. The fraction of sp³-hybridized carbons (Fsp3) is 0.364. The molecule has 0 bridgehead atoms. The topological polar surface area (TPSA) is 0 Å². The largest absolute Gasteiger partial charge is 2.00 e. The van der Waals surface area contributed by atoms with Gasteiger partial charge in [0.1, 0.15) is 0 Å². The molecular weight excluding hydrogens is 316 g/mol. The van der Waals surface area contributed by atoms with Crippen LogP contribution in [0.15, 0.2) is 24.3 Å². The van der Waals surface area contributed by atoms with Crippen molar-refractivity contribution in [1.82, 2.24) is 0 Å². The molecule has 0 saturated heterocycles. The van der Waals surface area contributed by atoms with Gasteiger partial charge >= 0.3 is 21.1 Å². The van der Waals surface area contributed by atoms with Crippen molar-refractivity contribution < 1.29 is 21.1 Å². The zero-order valence-corrected chi connectivity index (χ0v) is 10.5. The Morgan fingerprint density at radius 1 is 1.42 bits per heavy atom. The van der Waals surface area contributed by atoms with Crippen molar-refractivity contribution in [2.75, 3.05) is 0 Å². The van der Waals surface area contributed by atoms with E-state index in [1.807, 2.05) is 12.1 Å². The molecule has 0 aliphatic heterocycles. The Morgan fingerprint density at radius 3 is 2.67 bits per heavy atom. The van der Waals surface area contributed by atoms with Gasteiger partial charge in [-0.1, -0.05) is 13.8 Å². The summed E-state index contributed by atoms with van der Waals surface area (Å²) in [6, 6.07) is 11.3. The van der Waals surface area contributed by atoms with Crippen LogP contribution < -0.4 is 0 Å². The summed E-state index contributed by atoms with van der Waals surface area (Å²) in [6.45, 7) is 4.39. The second-order valence-corrected chi connectivity index (χ2v) is 3.07. The molecule has 1 aromatic rings. The van der Waals surface area contributed by atoms with Crippen molar-refractivity contribution >= 4 is 0 Å². The average molecular weight is 330 g/mol. The van der Waals surface area contributed by atoms with Crippen LogP contribution in [0.1, 0.15) is 19.4 Å². The maximum Gasteiger partial charge on any atom is 2.00 e. The Balaban J connectivity index is 0.00000121. The first kappa shape index (κ1) is 11.9. The van der Waals surface area contributed by atoms with E-state index in [1.165, 1.54) is 5.56 Å². The first-order valence-electron chi connectivity index (χ1n) is 4.08. The van der Waals surface area contributed by atoms with Crippen LogP contribution in [0, 0.1) is 18.4 Å². The second-order valence-electron chi connectivity index (χ2n) is 3.07. The van der Waals surface area contributed by atoms with Crippen LogP contribution >= 0.6 is 0 Å². The average Bonchev–Trinajstić information content (AvgIpc) is 2.03. The Bertz CT molecular complexity index is 191. The van der Waals surface area contributed by atoms with Crippen molar-refractivity contribution in [1.29, 1.82) is 0 Å². The van der Waals surface area contributed by atoms with Gasteiger partial charge in [0.15, 0.2) is 0 Å². The summed E-state index contributed by atoms with van der Waals surface area (Å²) < 4.78 is 0. The van der Waals surface area contributed by atoms with Crippen molar-refractivity contribution in [3.05, 3.63) is 42.3 Å². The molecule has 0 nitrogen and oxygen atoms in total. The molecule has 0 aliphatic carbocycles. The summed E-state index contributed by atoms with van der Waals surface area (Å²) in [4.78, 5) is 0. The summed E-state index contributed by atoms with van der Waals surface area (Å²) in [7, 11) is 0. The van der Waals surface area contributed by atoms with Crippen LogP contribution in [0.3, 0.4) is 0 Å². The van der Waals surface area contributed by atoms with Crippen LogP contribution in [0.4, 0.5) is 0 Å². The summed E-state index contributed by atoms with van der Waals surface area (Å²) in [6.07, 6.45) is 3.34. The Morgan fingerprint density at radius 2 is 2.17 bits per heavy atom. The van der Waals surface area contributed by atoms with Gasteiger partial charge in [-0.2, -0.15) is 48.2 Å². The van der Waals surface area contributed by atoms with Crippen molar-refractivity contribution in [2.24, 2.45) is 5.92 Å². The van der Waals surface area contributed by atoms with Crippen LogP contribution in [-0.4, -0.2) is 0 Å². The first-order valence-corrected chi connectivity index (χ1v) is 4.08. The van der Waals surface area contributed by atoms with Gasteiger partial charge in [0, 0.05) is 0 Å². The van der Waals surface area contributed by atoms with Gasteiger partial charge < -0.3 is 6.42 Å². The van der Waals surface area contributed by atoms with Gasteiger partial charge in [0.05, 0.1) is 0 Å². The van der Waals surface area contributed by atoms with Gasteiger partial charge in [-0.25, -0.2) is 0 Å². The third-order valence-electron chi connectivity index (χ3n) is 1.58. The van der Waals surface area contributed by atoms with E-state index in [0.29, 0.717) is 5.92 Å². The van der Waals surface area contributed by atoms with E-state index in [0.717, 1.165) is 6.42 Å². The molecule has 1 aromatic carbocycles. The van der Waals surface area contributed by atoms with Crippen LogP contribution in [0.2, 0.25) is 0 Å². The number of benzene rings is 1. The Hall–Kier alpha value is -0.0917. The molecule has 0 heterocycles. The smallest absolute Gasteiger partial charge is 0.324 e. The maximum absolute atomic E-state index is 3.19. The van der Waals surface area contributed by atoms with Gasteiger partial charge in [-0.3, -0.25) is 0 Å². The standard InChI is InChI=1S/C11H14.W/c1-10(2)8-9-11-6-4-3-5-7-11;/h3-6,8,10H,9H2,1-2H3;/q-2;+2. The quantitative estimate of drug-likeness (QED) is 0.748. The van der Waals surface area contributed by atoms with E-state index in [9.17, 15) is 0 Å². The molecule has 0 fully saturated rings. The summed E-state index contributed by atoms with van der Waals surface area (Å²) in [5.74, 6) is 0.670. The third kappa shape index (κ3) is 4.72. The van der Waals surface area contributed by atoms with Crippen molar-refractivity contribution in [3.8, 4) is 0 Å². The molecule has 0 spiro atoms. The predicted octanol–water partition coefficient (Wildman–Crippen LogP) is 2.89. The van der Waals surface area contributed by atoms with E-state index < -0.39 is 0 Å². The first-order chi connectivity index (χ1) is 5.29. The minimum atomic E-state index is 0. The molecule has 1 heteroatoms. The Labute approximate surface area is 89.6 Å². The molecule has 0 amide bonds. The molecular formula is C11H14W. The molecule has 0 saturated carbocycles. The number of rotatable bonds is 3. The van der Waals surface area contributed by atoms with E-state index in [2.05, 4.69) is 38.5 Å². The minimum absolute atomic E-state index is 0. The number of hydrogen-bond acceptors (Lipinski definition) is 0. The van der Waals surface area contributed by atoms with Crippen molar-refractivity contribution in [2.45, 2.75) is 20.3 Å². The predicted molar refractivity (Wildman–Crippen MR) is 48.1 cm³/mol. The fourth-order valence-corrected chi connectivity index (χ4v) is 0.920. The van der Waals surface area contributed by atoms with Gasteiger partial charge in [0.25, 0.3) is 0 Å². The van der Waals surface area contributed by atoms with Crippen molar-refractivity contribution in [3.63, 3.8) is 0 Å². The molecule has 0 aliphatic rings. The van der Waals surface area contributed by atoms with E-state index >= 15 is 0 Å². The van der Waals surface area contributed by atoms with Gasteiger partial charge in [0.2, 0.25) is 0 Å².